The monoisotopic (exact) mass is 856 g/mol. The lowest BCUT2D eigenvalue weighted by atomic mass is 9.94. The molecule has 4 rings (SSSR count). The number of aliphatic hydroxyl groups excluding tert-OH is 9. The van der Waals surface area contributed by atoms with Gasteiger partial charge in [0.15, 0.2) is 37.4 Å². The van der Waals surface area contributed by atoms with Crippen LogP contribution >= 0.6 is 0 Å². The number of aliphatic carboxylic acids is 2. The SMILES string of the molecule is CC(=O)N[C@H]1[C@H](O[C@H]2[C@H](O)[C@@H](O)[C@H](O[C@H]3[C@@H](O)[C@@H](CO)OC(O)[C@@H]3NC(C)=O)O[C@@H]2C(=O)O)O[C@H](CO)[C@H](OS(=O)(=O)O)[C@@H]1O[C@@H]1O[C@H](C(=O)O)[C@@H](O)[C@H](O)[C@H]1O. The van der Waals surface area contributed by atoms with Gasteiger partial charge in [-0.15, -0.1) is 0 Å². The molecule has 0 aromatic carbocycles. The van der Waals surface area contributed by atoms with Crippen molar-refractivity contribution < 1.29 is 126 Å². The van der Waals surface area contributed by atoms with Crippen LogP contribution in [0.3, 0.4) is 0 Å². The second kappa shape index (κ2) is 19.0. The van der Waals surface area contributed by atoms with E-state index in [1.54, 1.807) is 0 Å². The molecule has 0 aromatic rings. The van der Waals surface area contributed by atoms with E-state index in [1.807, 2.05) is 0 Å². The normalized spacial score (nSPS) is 44.1. The number of nitrogens with one attached hydrogen (secondary N) is 2. The molecular weight excluding hydrogens is 812 g/mol. The fraction of sp³-hybridized carbons (Fsp3) is 0.857. The van der Waals surface area contributed by atoms with Crippen LogP contribution in [-0.2, 0) is 66.9 Å². The zero-order valence-electron chi connectivity index (χ0n) is 29.5. The van der Waals surface area contributed by atoms with Gasteiger partial charge >= 0.3 is 22.3 Å². The van der Waals surface area contributed by atoms with Crippen molar-refractivity contribution in [3.63, 3.8) is 0 Å². The molecule has 4 aliphatic rings. The van der Waals surface area contributed by atoms with Crippen molar-refractivity contribution in [2.75, 3.05) is 13.2 Å². The van der Waals surface area contributed by atoms with E-state index in [4.69, 9.17) is 33.2 Å². The molecule has 0 aliphatic carbocycles. The Morgan fingerprint density at radius 3 is 1.56 bits per heavy atom. The average molecular weight is 857 g/mol. The first-order chi connectivity index (χ1) is 26.5. The van der Waals surface area contributed by atoms with Crippen LogP contribution in [0.1, 0.15) is 13.8 Å². The fourth-order valence-corrected chi connectivity index (χ4v) is 7.05. The summed E-state index contributed by atoms with van der Waals surface area (Å²) in [4.78, 5) is 48.5. The molecule has 0 spiro atoms. The van der Waals surface area contributed by atoms with E-state index in [0.717, 1.165) is 13.8 Å². The molecule has 0 radical (unpaired) electrons. The topological polar surface area (TPSA) is 443 Å². The Kier molecular flexibility index (Phi) is 15.6. The summed E-state index contributed by atoms with van der Waals surface area (Å²) < 4.78 is 75.9. The highest BCUT2D eigenvalue weighted by atomic mass is 32.3. The van der Waals surface area contributed by atoms with Crippen LogP contribution < -0.4 is 10.6 Å². The van der Waals surface area contributed by atoms with Crippen molar-refractivity contribution in [3.8, 4) is 0 Å². The minimum absolute atomic E-state index is 0.790. The number of carbonyl (C=O) groups is 4. The summed E-state index contributed by atoms with van der Waals surface area (Å²) in [6, 6.07) is -3.70. The molecule has 57 heavy (non-hydrogen) atoms. The van der Waals surface area contributed by atoms with Crippen LogP contribution in [0.5, 0.6) is 0 Å². The number of rotatable bonds is 14. The molecule has 0 saturated carbocycles. The predicted molar refractivity (Wildman–Crippen MR) is 169 cm³/mol. The summed E-state index contributed by atoms with van der Waals surface area (Å²) in [6.07, 6.45) is -39.3. The van der Waals surface area contributed by atoms with Crippen LogP contribution in [0.15, 0.2) is 0 Å². The van der Waals surface area contributed by atoms with Gasteiger partial charge < -0.3 is 100.0 Å². The van der Waals surface area contributed by atoms with Crippen molar-refractivity contribution >= 4 is 34.2 Å². The zero-order valence-corrected chi connectivity index (χ0v) is 30.3. The summed E-state index contributed by atoms with van der Waals surface area (Å²) in [5.41, 5.74) is 0. The minimum atomic E-state index is -5.55. The lowest BCUT2D eigenvalue weighted by molar-refractivity contribution is -0.367. The number of amides is 2. The standard InChI is InChI=1S/C28H44N2O26S/c1-5(33)29-9-18(11(35)7(3-31)49-25(9)45)51-28-16(40)14(38)20(22(55-28)24(43)44)53-26-10(30-6(2)34)19(17(8(4-32)50-26)56-57(46,47)48)52-27-15(39)12(36)13(37)21(54-27)23(41)42/h7-22,25-28,31-32,35-40,45H,3-4H2,1-2H3,(H,29,33)(H,30,34)(H,41,42)(H,43,44)(H,46,47,48)/t7-,8-,9-,10-,11+,12+,13+,14-,15-,16-,17+,18-,19-,20+,21+,22+,25?,26+,27-,28-/m1/s1. The first kappa shape index (κ1) is 46.8. The molecule has 4 heterocycles. The first-order valence-electron chi connectivity index (χ1n) is 16.7. The van der Waals surface area contributed by atoms with Gasteiger partial charge in [-0.1, -0.05) is 0 Å². The third kappa shape index (κ3) is 10.7. The lowest BCUT2D eigenvalue weighted by Crippen LogP contribution is -2.71. The van der Waals surface area contributed by atoms with E-state index in [1.165, 1.54) is 0 Å². The maximum atomic E-state index is 12.5. The van der Waals surface area contributed by atoms with Crippen LogP contribution in [0.4, 0.5) is 0 Å². The highest BCUT2D eigenvalue weighted by Gasteiger charge is 2.58. The number of hydrogen-bond donors (Lipinski definition) is 14. The molecule has 14 N–H and O–H groups in total. The Morgan fingerprint density at radius 1 is 0.561 bits per heavy atom. The molecule has 0 bridgehead atoms. The number of carboxylic acids is 2. The number of carbonyl (C=O) groups excluding carboxylic acids is 2. The maximum absolute atomic E-state index is 12.5. The summed E-state index contributed by atoms with van der Waals surface area (Å²) in [5, 5.41) is 118. The number of carboxylic acid groups (broad SMARTS) is 2. The van der Waals surface area contributed by atoms with Gasteiger partial charge in [-0.05, 0) is 0 Å². The summed E-state index contributed by atoms with van der Waals surface area (Å²) in [7, 11) is -5.55. The van der Waals surface area contributed by atoms with Gasteiger partial charge in [0.25, 0.3) is 0 Å². The molecule has 28 nitrogen and oxygen atoms in total. The van der Waals surface area contributed by atoms with Crippen molar-refractivity contribution in [1.29, 1.82) is 0 Å². The van der Waals surface area contributed by atoms with Crippen LogP contribution in [-0.4, -0.2) is 229 Å². The van der Waals surface area contributed by atoms with Gasteiger partial charge in [0, 0.05) is 13.8 Å². The van der Waals surface area contributed by atoms with Gasteiger partial charge in [0.05, 0.1) is 13.2 Å². The smallest absolute Gasteiger partial charge is 0.397 e. The Labute approximate surface area is 320 Å². The Balaban J connectivity index is 1.70. The first-order valence-corrected chi connectivity index (χ1v) is 18.1. The molecular formula is C28H44N2O26S. The quantitative estimate of drug-likeness (QED) is 0.0721. The van der Waals surface area contributed by atoms with Crippen LogP contribution in [0, 0.1) is 0 Å². The van der Waals surface area contributed by atoms with E-state index < -0.39 is 170 Å². The van der Waals surface area contributed by atoms with Crippen molar-refractivity contribution in [1.82, 2.24) is 10.6 Å². The van der Waals surface area contributed by atoms with Gasteiger partial charge in [0.1, 0.15) is 85.3 Å². The molecule has 20 atom stereocenters. The van der Waals surface area contributed by atoms with Gasteiger partial charge in [-0.25, -0.2) is 13.8 Å². The number of ether oxygens (including phenoxy) is 7. The van der Waals surface area contributed by atoms with Crippen LogP contribution in [0.25, 0.3) is 0 Å². The van der Waals surface area contributed by atoms with Crippen molar-refractivity contribution in [3.05, 3.63) is 0 Å². The van der Waals surface area contributed by atoms with Crippen molar-refractivity contribution in [2.24, 2.45) is 0 Å². The zero-order chi connectivity index (χ0) is 42.8. The second-order valence-electron chi connectivity index (χ2n) is 13.2. The summed E-state index contributed by atoms with van der Waals surface area (Å²) >= 11 is 0. The molecule has 0 aromatic heterocycles. The number of aliphatic hydroxyl groups is 9. The average Bonchev–Trinajstić information content (AvgIpc) is 3.11. The highest BCUT2D eigenvalue weighted by molar-refractivity contribution is 7.80. The van der Waals surface area contributed by atoms with Crippen molar-refractivity contribution in [2.45, 2.75) is 137 Å². The van der Waals surface area contributed by atoms with E-state index in [9.17, 15) is 88.3 Å². The van der Waals surface area contributed by atoms with Gasteiger partial charge in [0.2, 0.25) is 11.8 Å². The third-order valence-electron chi connectivity index (χ3n) is 9.15. The maximum Gasteiger partial charge on any atom is 0.397 e. The van der Waals surface area contributed by atoms with E-state index in [0.29, 0.717) is 0 Å². The Hall–Kier alpha value is -2.89. The summed E-state index contributed by atoms with van der Waals surface area (Å²) in [5.74, 6) is -5.66. The third-order valence-corrected chi connectivity index (χ3v) is 9.61. The largest absolute Gasteiger partial charge is 0.479 e. The Bertz CT molecular complexity index is 1540. The van der Waals surface area contributed by atoms with Gasteiger partial charge in [-0.3, -0.25) is 14.1 Å². The molecule has 4 saturated heterocycles. The predicted octanol–water partition coefficient (Wildman–Crippen LogP) is -9.45. The number of hydrogen-bond acceptors (Lipinski definition) is 23. The Morgan fingerprint density at radius 2 is 1.05 bits per heavy atom. The molecule has 29 heteroatoms. The fourth-order valence-electron chi connectivity index (χ4n) is 6.54. The van der Waals surface area contributed by atoms with E-state index in [2.05, 4.69) is 14.8 Å². The second-order valence-corrected chi connectivity index (χ2v) is 14.2. The van der Waals surface area contributed by atoms with Gasteiger partial charge in [-0.2, -0.15) is 8.42 Å². The van der Waals surface area contributed by atoms with E-state index in [-0.39, 0.29) is 0 Å². The highest BCUT2D eigenvalue weighted by Crippen LogP contribution is 2.35. The van der Waals surface area contributed by atoms with Crippen LogP contribution in [0.2, 0.25) is 0 Å². The molecule has 328 valence electrons. The molecule has 2 amide bonds. The molecule has 4 aliphatic heterocycles. The lowest BCUT2D eigenvalue weighted by Gasteiger charge is -2.50. The summed E-state index contributed by atoms with van der Waals surface area (Å²) in [6.45, 7) is -0.309. The van der Waals surface area contributed by atoms with E-state index >= 15 is 0 Å². The minimum Gasteiger partial charge on any atom is -0.479 e. The molecule has 4 fully saturated rings. The molecule has 1 unspecified atom stereocenters.